The summed E-state index contributed by atoms with van der Waals surface area (Å²) in [6.07, 6.45) is 10.5. The van der Waals surface area contributed by atoms with Crippen LogP contribution in [0.25, 0.3) is 6.08 Å². The van der Waals surface area contributed by atoms with Crippen LogP contribution in [0.5, 0.6) is 0 Å². The number of nitrogens with zero attached hydrogens (tertiary/aromatic N) is 2. The zero-order chi connectivity index (χ0) is 20.5. The molecular weight excluding hydrogens is 374 g/mol. The van der Waals surface area contributed by atoms with Crippen molar-refractivity contribution in [3.63, 3.8) is 0 Å². The molecule has 2 rings (SSSR count). The maximum absolute atomic E-state index is 11.7. The summed E-state index contributed by atoms with van der Waals surface area (Å²) in [6.45, 7) is 5.78. The van der Waals surface area contributed by atoms with Crippen LogP contribution in [0, 0.1) is 0 Å². The molecule has 0 radical (unpaired) electrons. The Hall–Kier alpha value is -2.09. The molecule has 1 aromatic heterocycles. The molecule has 0 saturated carbocycles. The van der Waals surface area contributed by atoms with Gasteiger partial charge in [0.05, 0.1) is 12.2 Å². The molecule has 1 amide bonds. The smallest absolute Gasteiger partial charge is 0.286 e. The first-order valence-corrected chi connectivity index (χ1v) is 10.0. The minimum absolute atomic E-state index is 0.0266. The van der Waals surface area contributed by atoms with Crippen LogP contribution in [0.3, 0.4) is 0 Å². The molecule has 1 aliphatic heterocycles. The number of aliphatic hydroxyl groups excluding tert-OH is 2. The summed E-state index contributed by atoms with van der Waals surface area (Å²) in [4.78, 5) is 13.7. The van der Waals surface area contributed by atoms with Gasteiger partial charge in [-0.1, -0.05) is 23.8 Å². The van der Waals surface area contributed by atoms with E-state index in [9.17, 15) is 15.0 Å². The van der Waals surface area contributed by atoms with Crippen LogP contribution in [-0.2, 0) is 11.3 Å². The molecule has 3 N–H and O–H groups in total. The summed E-state index contributed by atoms with van der Waals surface area (Å²) in [5.74, 6) is 0.602. The Labute approximate surface area is 172 Å². The van der Waals surface area contributed by atoms with Gasteiger partial charge in [0.1, 0.15) is 0 Å². The van der Waals surface area contributed by atoms with E-state index in [1.165, 1.54) is 0 Å². The first-order chi connectivity index (χ1) is 13.4. The van der Waals surface area contributed by atoms with Crippen molar-refractivity contribution in [1.29, 1.82) is 0 Å². The Morgan fingerprint density at radius 2 is 1.89 bits per heavy atom. The van der Waals surface area contributed by atoms with E-state index in [1.807, 2.05) is 72.1 Å². The summed E-state index contributed by atoms with van der Waals surface area (Å²) < 4.78 is 1.83. The van der Waals surface area contributed by atoms with Crippen LogP contribution in [0.2, 0.25) is 0 Å². The second-order valence-corrected chi connectivity index (χ2v) is 7.42. The number of hydrogen-bond acceptors (Lipinski definition) is 5. The molecular formula is C21H30N3O3S+. The number of hydrogen-bond donors (Lipinski definition) is 4. The van der Waals surface area contributed by atoms with Crippen molar-refractivity contribution < 1.29 is 19.6 Å². The Morgan fingerprint density at radius 3 is 2.50 bits per heavy atom. The fourth-order valence-electron chi connectivity index (χ4n) is 2.80. The Bertz CT molecular complexity index is 734. The Balaban J connectivity index is 1.89. The molecule has 0 aromatic carbocycles. The van der Waals surface area contributed by atoms with Crippen LogP contribution in [0.1, 0.15) is 19.4 Å². The Kier molecular flexibility index (Phi) is 8.76. The van der Waals surface area contributed by atoms with Gasteiger partial charge in [0.2, 0.25) is 6.54 Å². The van der Waals surface area contributed by atoms with Crippen LogP contribution in [0.4, 0.5) is 0 Å². The average molecular weight is 405 g/mol. The minimum atomic E-state index is -0.678. The number of carbonyl (C=O) groups excluding carboxylic acids is 1. The van der Waals surface area contributed by atoms with Crippen molar-refractivity contribution >= 4 is 24.6 Å². The summed E-state index contributed by atoms with van der Waals surface area (Å²) in [5, 5.41) is 22.1. The number of pyridine rings is 1. The van der Waals surface area contributed by atoms with Crippen molar-refractivity contribution in [2.24, 2.45) is 0 Å². The van der Waals surface area contributed by atoms with E-state index < -0.39 is 12.2 Å². The number of thiol groups is 1. The van der Waals surface area contributed by atoms with E-state index >= 15 is 0 Å². The highest BCUT2D eigenvalue weighted by molar-refractivity contribution is 7.80. The van der Waals surface area contributed by atoms with Gasteiger partial charge in [0.25, 0.3) is 5.91 Å². The molecule has 0 spiro atoms. The third-order valence-corrected chi connectivity index (χ3v) is 4.78. The van der Waals surface area contributed by atoms with Crippen molar-refractivity contribution in [1.82, 2.24) is 10.2 Å². The zero-order valence-corrected chi connectivity index (χ0v) is 17.3. The molecule has 28 heavy (non-hydrogen) atoms. The van der Waals surface area contributed by atoms with E-state index in [1.54, 1.807) is 0 Å². The predicted molar refractivity (Wildman–Crippen MR) is 114 cm³/mol. The highest BCUT2D eigenvalue weighted by atomic mass is 32.1. The number of amides is 1. The van der Waals surface area contributed by atoms with E-state index in [2.05, 4.69) is 17.9 Å². The average Bonchev–Trinajstić information content (AvgIpc) is 3.02. The SMILES string of the molecule is CC(/C=C/c1cc[n+](CC(=O)NCCS)cc1)=C\C=C(/C)N1CC(O)C(O)C1. The zero-order valence-electron chi connectivity index (χ0n) is 16.5. The van der Waals surface area contributed by atoms with Crippen LogP contribution >= 0.6 is 12.6 Å². The van der Waals surface area contributed by atoms with Crippen LogP contribution in [-0.4, -0.2) is 58.6 Å². The maximum Gasteiger partial charge on any atom is 0.286 e. The van der Waals surface area contributed by atoms with Gasteiger partial charge in [0, 0.05) is 43.2 Å². The first kappa shape index (κ1) is 22.2. The van der Waals surface area contributed by atoms with Gasteiger partial charge in [0.15, 0.2) is 12.4 Å². The van der Waals surface area contributed by atoms with E-state index in [4.69, 9.17) is 0 Å². The molecule has 2 heterocycles. The lowest BCUT2D eigenvalue weighted by Gasteiger charge is -2.17. The molecule has 152 valence electrons. The van der Waals surface area contributed by atoms with Gasteiger partial charge in [-0.3, -0.25) is 4.79 Å². The topological polar surface area (TPSA) is 76.7 Å². The number of aliphatic hydroxyl groups is 2. The first-order valence-electron chi connectivity index (χ1n) is 9.40. The maximum atomic E-state index is 11.7. The number of β-amino-alcohol motifs (C(OH)–C–C–N with tert-alkyl or cyclic N) is 2. The van der Waals surface area contributed by atoms with Crippen molar-refractivity contribution in [3.8, 4) is 0 Å². The van der Waals surface area contributed by atoms with E-state index in [0.717, 1.165) is 16.8 Å². The number of rotatable bonds is 8. The largest absolute Gasteiger partial charge is 0.389 e. The van der Waals surface area contributed by atoms with Gasteiger partial charge in [-0.05, 0) is 25.5 Å². The number of nitrogens with one attached hydrogen (secondary N) is 1. The molecule has 7 heteroatoms. The van der Waals surface area contributed by atoms with E-state index in [-0.39, 0.29) is 5.91 Å². The van der Waals surface area contributed by atoms with Crippen molar-refractivity contribution in [3.05, 3.63) is 59.6 Å². The lowest BCUT2D eigenvalue weighted by atomic mass is 10.2. The molecule has 1 aliphatic rings. The summed E-state index contributed by atoms with van der Waals surface area (Å²) >= 11 is 4.07. The lowest BCUT2D eigenvalue weighted by Crippen LogP contribution is -2.42. The summed E-state index contributed by atoms with van der Waals surface area (Å²) in [6, 6.07) is 3.92. The number of likely N-dealkylation sites (tertiary alicyclic amines) is 1. The third kappa shape index (κ3) is 7.14. The number of aromatic nitrogens is 1. The lowest BCUT2D eigenvalue weighted by molar-refractivity contribution is -0.684. The minimum Gasteiger partial charge on any atom is -0.389 e. The second-order valence-electron chi connectivity index (χ2n) is 6.97. The monoisotopic (exact) mass is 404 g/mol. The summed E-state index contributed by atoms with van der Waals surface area (Å²) in [5.41, 5.74) is 3.15. The standard InChI is InChI=1S/C21H29N3O3S/c1-16(3-5-17(2)24-13-19(25)20(26)14-24)4-6-18-7-10-23(11-8-18)15-21(27)22-9-12-28/h3-8,10-11,19-20,25-26H,9,12-15H2,1-2H3,(H-,22,27,28)/p+1. The molecule has 1 fully saturated rings. The van der Waals surface area contributed by atoms with Crippen LogP contribution in [0.15, 0.2) is 54.0 Å². The Morgan fingerprint density at radius 1 is 1.25 bits per heavy atom. The number of carbonyl (C=O) groups is 1. The highest BCUT2D eigenvalue weighted by Gasteiger charge is 2.29. The van der Waals surface area contributed by atoms with Crippen molar-refractivity contribution in [2.45, 2.75) is 32.6 Å². The quantitative estimate of drug-likeness (QED) is 0.295. The molecule has 0 bridgehead atoms. The van der Waals surface area contributed by atoms with Gasteiger partial charge in [-0.25, -0.2) is 0 Å². The fourth-order valence-corrected chi connectivity index (χ4v) is 2.91. The molecule has 2 unspecified atom stereocenters. The highest BCUT2D eigenvalue weighted by Crippen LogP contribution is 2.16. The second kappa shape index (κ2) is 11.0. The number of allylic oxidation sites excluding steroid dienone is 5. The van der Waals surface area contributed by atoms with Gasteiger partial charge in [-0.15, -0.1) is 0 Å². The summed E-state index contributed by atoms with van der Waals surface area (Å²) in [7, 11) is 0. The van der Waals surface area contributed by atoms with Gasteiger partial charge < -0.3 is 20.4 Å². The predicted octanol–water partition coefficient (Wildman–Crippen LogP) is 0.921. The molecule has 0 aliphatic carbocycles. The van der Waals surface area contributed by atoms with Gasteiger partial charge in [-0.2, -0.15) is 17.2 Å². The van der Waals surface area contributed by atoms with Crippen LogP contribution < -0.4 is 9.88 Å². The molecule has 2 atom stereocenters. The van der Waals surface area contributed by atoms with Crippen molar-refractivity contribution in [2.75, 3.05) is 25.4 Å². The van der Waals surface area contributed by atoms with E-state index in [0.29, 0.717) is 31.9 Å². The fraction of sp³-hybridized carbons (Fsp3) is 0.429. The van der Waals surface area contributed by atoms with Gasteiger partial charge >= 0.3 is 0 Å². The molecule has 1 aromatic rings. The molecule has 6 nitrogen and oxygen atoms in total. The normalized spacial score (nSPS) is 20.8. The molecule has 1 saturated heterocycles. The third-order valence-electron chi connectivity index (χ3n) is 4.56.